The number of ether oxygens (including phenoxy) is 1. The topological polar surface area (TPSA) is 58.6 Å². The Kier molecular flexibility index (Phi) is 5.51. The lowest BCUT2D eigenvalue weighted by Crippen LogP contribution is -2.45. The molecule has 0 bridgehead atoms. The van der Waals surface area contributed by atoms with Gasteiger partial charge in [0.15, 0.2) is 11.6 Å². The van der Waals surface area contributed by atoms with E-state index in [1.807, 2.05) is 6.07 Å². The second kappa shape index (κ2) is 7.99. The van der Waals surface area contributed by atoms with Crippen LogP contribution in [0.1, 0.15) is 28.8 Å². The molecule has 1 saturated heterocycles. The lowest BCUT2D eigenvalue weighted by Gasteiger charge is -2.24. The molecule has 6 heteroatoms. The molecule has 2 aromatic rings. The maximum absolute atomic E-state index is 13.7. The van der Waals surface area contributed by atoms with Crippen LogP contribution < -0.4 is 10.1 Å². The normalized spacial score (nSPS) is 16.4. The van der Waals surface area contributed by atoms with E-state index in [4.69, 9.17) is 4.74 Å². The smallest absolute Gasteiger partial charge is 0.254 e. The van der Waals surface area contributed by atoms with Crippen molar-refractivity contribution in [1.82, 2.24) is 10.2 Å². The van der Waals surface area contributed by atoms with Crippen molar-refractivity contribution in [2.24, 2.45) is 0 Å². The summed E-state index contributed by atoms with van der Waals surface area (Å²) < 4.78 is 18.6. The molecule has 2 amide bonds. The van der Waals surface area contributed by atoms with E-state index in [2.05, 4.69) is 5.32 Å². The van der Waals surface area contributed by atoms with Gasteiger partial charge in [-0.2, -0.15) is 0 Å². The first kappa shape index (κ1) is 17.9. The highest BCUT2D eigenvalue weighted by molar-refractivity contribution is 5.97. The summed E-state index contributed by atoms with van der Waals surface area (Å²) in [5.74, 6) is -0.668. The molecule has 1 fully saturated rings. The summed E-state index contributed by atoms with van der Waals surface area (Å²) in [5, 5.41) is 2.80. The summed E-state index contributed by atoms with van der Waals surface area (Å²) in [5.41, 5.74) is 1.21. The highest BCUT2D eigenvalue weighted by Gasteiger charge is 2.34. The molecule has 5 nitrogen and oxygen atoms in total. The van der Waals surface area contributed by atoms with E-state index in [0.717, 1.165) is 6.42 Å². The van der Waals surface area contributed by atoms with Gasteiger partial charge in [-0.05, 0) is 42.7 Å². The zero-order valence-electron chi connectivity index (χ0n) is 14.6. The summed E-state index contributed by atoms with van der Waals surface area (Å²) in [4.78, 5) is 26.8. The third-order valence-corrected chi connectivity index (χ3v) is 4.52. The van der Waals surface area contributed by atoms with E-state index in [0.29, 0.717) is 24.1 Å². The van der Waals surface area contributed by atoms with Crippen LogP contribution in [0.25, 0.3) is 0 Å². The van der Waals surface area contributed by atoms with E-state index >= 15 is 0 Å². The monoisotopic (exact) mass is 356 g/mol. The zero-order chi connectivity index (χ0) is 18.5. The van der Waals surface area contributed by atoms with Crippen LogP contribution in [0.4, 0.5) is 4.39 Å². The summed E-state index contributed by atoms with van der Waals surface area (Å²) in [6.07, 6.45) is 1.41. The average molecular weight is 356 g/mol. The number of likely N-dealkylation sites (tertiary alicyclic amines) is 1. The maximum Gasteiger partial charge on any atom is 0.254 e. The minimum Gasteiger partial charge on any atom is -0.494 e. The molecule has 1 aliphatic rings. The van der Waals surface area contributed by atoms with Crippen molar-refractivity contribution >= 4 is 11.8 Å². The van der Waals surface area contributed by atoms with Crippen LogP contribution in [0.15, 0.2) is 48.5 Å². The summed E-state index contributed by atoms with van der Waals surface area (Å²) in [6.45, 7) is 0.757. The molecule has 0 aliphatic carbocycles. The van der Waals surface area contributed by atoms with Gasteiger partial charge in [-0.25, -0.2) is 4.39 Å². The molecule has 3 rings (SSSR count). The third-order valence-electron chi connectivity index (χ3n) is 4.52. The second-order valence-corrected chi connectivity index (χ2v) is 6.21. The number of halogens is 1. The van der Waals surface area contributed by atoms with Crippen molar-refractivity contribution in [3.8, 4) is 5.75 Å². The number of methoxy groups -OCH3 is 1. The molecule has 1 heterocycles. The van der Waals surface area contributed by atoms with E-state index in [1.165, 1.54) is 19.2 Å². The SMILES string of the molecule is COc1ccc(CNC(=O)C2CCCN2C(=O)c2ccccc2)cc1F. The minimum atomic E-state index is -0.495. The maximum atomic E-state index is 13.7. The second-order valence-electron chi connectivity index (χ2n) is 6.21. The van der Waals surface area contributed by atoms with Gasteiger partial charge in [0.1, 0.15) is 6.04 Å². The lowest BCUT2D eigenvalue weighted by molar-refractivity contribution is -0.125. The number of carbonyl (C=O) groups excluding carboxylic acids is 2. The van der Waals surface area contributed by atoms with Crippen LogP contribution >= 0.6 is 0 Å². The van der Waals surface area contributed by atoms with E-state index < -0.39 is 11.9 Å². The molecule has 26 heavy (non-hydrogen) atoms. The number of benzene rings is 2. The van der Waals surface area contributed by atoms with E-state index in [9.17, 15) is 14.0 Å². The number of carbonyl (C=O) groups is 2. The quantitative estimate of drug-likeness (QED) is 0.896. The van der Waals surface area contributed by atoms with Crippen LogP contribution in [0.3, 0.4) is 0 Å². The fraction of sp³-hybridized carbons (Fsp3) is 0.300. The van der Waals surface area contributed by atoms with Gasteiger partial charge in [-0.1, -0.05) is 24.3 Å². The van der Waals surface area contributed by atoms with Gasteiger partial charge in [0.2, 0.25) is 5.91 Å². The van der Waals surface area contributed by atoms with Gasteiger partial charge in [0.05, 0.1) is 7.11 Å². The van der Waals surface area contributed by atoms with Crippen molar-refractivity contribution in [2.45, 2.75) is 25.4 Å². The van der Waals surface area contributed by atoms with Crippen molar-refractivity contribution in [3.05, 3.63) is 65.5 Å². The van der Waals surface area contributed by atoms with Gasteiger partial charge in [0, 0.05) is 18.7 Å². The highest BCUT2D eigenvalue weighted by Crippen LogP contribution is 2.21. The summed E-state index contributed by atoms with van der Waals surface area (Å²) in [6, 6.07) is 13.0. The van der Waals surface area contributed by atoms with Crippen molar-refractivity contribution in [1.29, 1.82) is 0 Å². The molecule has 0 spiro atoms. The Bertz CT molecular complexity index is 795. The Morgan fingerprint density at radius 3 is 2.69 bits per heavy atom. The Balaban J connectivity index is 1.63. The molecule has 1 N–H and O–H groups in total. The van der Waals surface area contributed by atoms with Crippen LogP contribution in [0.5, 0.6) is 5.75 Å². The largest absolute Gasteiger partial charge is 0.494 e. The van der Waals surface area contributed by atoms with Crippen molar-refractivity contribution in [3.63, 3.8) is 0 Å². The van der Waals surface area contributed by atoms with Gasteiger partial charge in [-0.3, -0.25) is 9.59 Å². The fourth-order valence-electron chi connectivity index (χ4n) is 3.16. The molecule has 1 aliphatic heterocycles. The van der Waals surface area contributed by atoms with Crippen molar-refractivity contribution < 1.29 is 18.7 Å². The predicted octanol–water partition coefficient (Wildman–Crippen LogP) is 2.76. The van der Waals surface area contributed by atoms with Gasteiger partial charge < -0.3 is 15.0 Å². The number of nitrogens with one attached hydrogen (secondary N) is 1. The predicted molar refractivity (Wildman–Crippen MR) is 95.3 cm³/mol. The molecular weight excluding hydrogens is 335 g/mol. The van der Waals surface area contributed by atoms with E-state index in [-0.39, 0.29) is 24.1 Å². The molecule has 0 aromatic heterocycles. The average Bonchev–Trinajstić information content (AvgIpc) is 3.16. The fourth-order valence-corrected chi connectivity index (χ4v) is 3.16. The number of rotatable bonds is 5. The van der Waals surface area contributed by atoms with Crippen LogP contribution in [-0.2, 0) is 11.3 Å². The zero-order valence-corrected chi connectivity index (χ0v) is 14.6. The first-order valence-electron chi connectivity index (χ1n) is 8.56. The summed E-state index contributed by atoms with van der Waals surface area (Å²) in [7, 11) is 1.40. The molecule has 2 aromatic carbocycles. The van der Waals surface area contributed by atoms with Crippen molar-refractivity contribution in [2.75, 3.05) is 13.7 Å². The first-order valence-corrected chi connectivity index (χ1v) is 8.56. The molecule has 136 valence electrons. The van der Waals surface area contributed by atoms with Gasteiger partial charge in [0.25, 0.3) is 5.91 Å². The number of hydrogen-bond acceptors (Lipinski definition) is 3. The van der Waals surface area contributed by atoms with Crippen LogP contribution in [-0.4, -0.2) is 36.4 Å². The van der Waals surface area contributed by atoms with Gasteiger partial charge >= 0.3 is 0 Å². The van der Waals surface area contributed by atoms with Crippen LogP contribution in [0, 0.1) is 5.82 Å². The molecular formula is C20H21FN2O3. The Morgan fingerprint density at radius 2 is 2.00 bits per heavy atom. The number of amides is 2. The van der Waals surface area contributed by atoms with Gasteiger partial charge in [-0.15, -0.1) is 0 Å². The molecule has 1 atom stereocenters. The molecule has 0 radical (unpaired) electrons. The lowest BCUT2D eigenvalue weighted by atomic mass is 10.1. The molecule has 0 saturated carbocycles. The standard InChI is InChI=1S/C20H21FN2O3/c1-26-18-10-9-14(12-16(18)21)13-22-19(24)17-8-5-11-23(17)20(25)15-6-3-2-4-7-15/h2-4,6-7,9-10,12,17H,5,8,11,13H2,1H3,(H,22,24). The Labute approximate surface area is 151 Å². The third kappa shape index (κ3) is 3.85. The van der Waals surface area contributed by atoms with Crippen LogP contribution in [0.2, 0.25) is 0 Å². The summed E-state index contributed by atoms with van der Waals surface area (Å²) >= 11 is 0. The number of nitrogens with zero attached hydrogens (tertiary/aromatic N) is 1. The number of hydrogen-bond donors (Lipinski definition) is 1. The Hall–Kier alpha value is -2.89. The Morgan fingerprint density at radius 1 is 1.23 bits per heavy atom. The molecule has 1 unspecified atom stereocenters. The first-order chi connectivity index (χ1) is 12.6. The minimum absolute atomic E-state index is 0.140. The highest BCUT2D eigenvalue weighted by atomic mass is 19.1. The van der Waals surface area contributed by atoms with E-state index in [1.54, 1.807) is 35.2 Å².